The van der Waals surface area contributed by atoms with E-state index < -0.39 is 10.1 Å². The van der Waals surface area contributed by atoms with Crippen LogP contribution in [-0.2, 0) is 23.0 Å². The summed E-state index contributed by atoms with van der Waals surface area (Å²) >= 11 is 0. The van der Waals surface area contributed by atoms with Crippen LogP contribution in [0.2, 0.25) is 0 Å². The fourth-order valence-corrected chi connectivity index (χ4v) is 3.88. The Morgan fingerprint density at radius 3 is 1.71 bits per heavy atom. The summed E-state index contributed by atoms with van der Waals surface area (Å²) in [5.41, 5.74) is 2.62. The molecule has 0 bridgehead atoms. The molecule has 1 N–H and O–H groups in total. The van der Waals surface area contributed by atoms with Gasteiger partial charge in [0.2, 0.25) is 0 Å². The molecule has 0 saturated carbocycles. The molecule has 0 unspecified atom stereocenters. The van der Waals surface area contributed by atoms with Crippen LogP contribution in [0.25, 0.3) is 0 Å². The number of rotatable bonds is 17. The SMILES string of the molecule is CCCCCCCc1cc(CCCCCCC)cc(OCCCS(=O)(=O)O)c1. The van der Waals surface area contributed by atoms with Crippen LogP contribution in [0.15, 0.2) is 18.2 Å². The van der Waals surface area contributed by atoms with Gasteiger partial charge in [-0.1, -0.05) is 71.3 Å². The molecule has 0 saturated heterocycles. The van der Waals surface area contributed by atoms with Gasteiger partial charge in [0, 0.05) is 0 Å². The van der Waals surface area contributed by atoms with Crippen LogP contribution in [0.4, 0.5) is 0 Å². The third-order valence-electron chi connectivity index (χ3n) is 4.98. The molecule has 0 atom stereocenters. The first-order valence-corrected chi connectivity index (χ1v) is 12.8. The Morgan fingerprint density at radius 2 is 1.25 bits per heavy atom. The van der Waals surface area contributed by atoms with Crippen molar-refractivity contribution in [3.8, 4) is 5.75 Å². The molecule has 1 aromatic carbocycles. The number of benzene rings is 1. The molecular formula is C23H40O4S. The summed E-state index contributed by atoms with van der Waals surface area (Å²) in [6, 6.07) is 6.49. The van der Waals surface area contributed by atoms with E-state index in [0.29, 0.717) is 13.0 Å². The minimum atomic E-state index is -3.91. The quantitative estimate of drug-likeness (QED) is 0.238. The van der Waals surface area contributed by atoms with Gasteiger partial charge in [0.1, 0.15) is 5.75 Å². The van der Waals surface area contributed by atoms with E-state index >= 15 is 0 Å². The third-order valence-corrected chi connectivity index (χ3v) is 5.78. The predicted molar refractivity (Wildman–Crippen MR) is 118 cm³/mol. The Hall–Kier alpha value is -1.07. The number of hydrogen-bond acceptors (Lipinski definition) is 3. The van der Waals surface area contributed by atoms with E-state index in [4.69, 9.17) is 9.29 Å². The van der Waals surface area contributed by atoms with Crippen LogP contribution in [0.1, 0.15) is 95.6 Å². The van der Waals surface area contributed by atoms with Crippen LogP contribution in [0, 0.1) is 0 Å². The predicted octanol–water partition coefficient (Wildman–Crippen LogP) is 6.37. The molecule has 0 spiro atoms. The number of aryl methyl sites for hydroxylation is 2. The van der Waals surface area contributed by atoms with Crippen LogP contribution in [0.5, 0.6) is 5.75 Å². The maximum Gasteiger partial charge on any atom is 0.264 e. The van der Waals surface area contributed by atoms with Crippen LogP contribution < -0.4 is 4.74 Å². The van der Waals surface area contributed by atoms with E-state index in [1.54, 1.807) is 0 Å². The molecule has 162 valence electrons. The summed E-state index contributed by atoms with van der Waals surface area (Å²) in [5.74, 6) is 0.568. The van der Waals surface area contributed by atoms with Gasteiger partial charge in [-0.3, -0.25) is 4.55 Å². The fraction of sp³-hybridized carbons (Fsp3) is 0.739. The Labute approximate surface area is 172 Å². The molecule has 0 fully saturated rings. The van der Waals surface area contributed by atoms with E-state index in [1.165, 1.54) is 75.3 Å². The van der Waals surface area contributed by atoms with Crippen molar-refractivity contribution in [2.24, 2.45) is 0 Å². The topological polar surface area (TPSA) is 63.6 Å². The van der Waals surface area contributed by atoms with Crippen molar-refractivity contribution in [1.82, 2.24) is 0 Å². The maximum absolute atomic E-state index is 10.8. The van der Waals surface area contributed by atoms with Crippen molar-refractivity contribution >= 4 is 10.1 Å². The molecule has 0 aliphatic rings. The summed E-state index contributed by atoms with van der Waals surface area (Å²) < 4.78 is 36.3. The van der Waals surface area contributed by atoms with Gasteiger partial charge in [0.15, 0.2) is 0 Å². The number of ether oxygens (including phenoxy) is 1. The average Bonchev–Trinajstić information content (AvgIpc) is 2.64. The Balaban J connectivity index is 2.59. The van der Waals surface area contributed by atoms with Gasteiger partial charge in [0.25, 0.3) is 10.1 Å². The lowest BCUT2D eigenvalue weighted by molar-refractivity contribution is 0.315. The smallest absolute Gasteiger partial charge is 0.264 e. The first-order chi connectivity index (χ1) is 13.4. The fourth-order valence-electron chi connectivity index (χ4n) is 3.40. The normalized spacial score (nSPS) is 11.7. The molecule has 1 rings (SSSR count). The highest BCUT2D eigenvalue weighted by atomic mass is 32.2. The van der Waals surface area contributed by atoms with Crippen molar-refractivity contribution in [3.05, 3.63) is 29.3 Å². The van der Waals surface area contributed by atoms with Gasteiger partial charge in [-0.05, 0) is 55.4 Å². The minimum Gasteiger partial charge on any atom is -0.494 e. The second-order valence-electron chi connectivity index (χ2n) is 7.80. The summed E-state index contributed by atoms with van der Waals surface area (Å²) in [4.78, 5) is 0. The molecule has 0 aliphatic carbocycles. The van der Waals surface area contributed by atoms with Gasteiger partial charge in [0.05, 0.1) is 12.4 Å². The molecule has 0 aliphatic heterocycles. The molecule has 0 amide bonds. The molecular weight excluding hydrogens is 372 g/mol. The molecule has 0 aromatic heterocycles. The summed E-state index contributed by atoms with van der Waals surface area (Å²) in [6.07, 6.45) is 15.1. The Bertz CT molecular complexity index is 593. The van der Waals surface area contributed by atoms with E-state index in [2.05, 4.69) is 32.0 Å². The zero-order chi connectivity index (χ0) is 20.7. The molecule has 4 nitrogen and oxygen atoms in total. The van der Waals surface area contributed by atoms with E-state index in [1.807, 2.05) is 0 Å². The van der Waals surface area contributed by atoms with Gasteiger partial charge in [-0.25, -0.2) is 0 Å². The second-order valence-corrected chi connectivity index (χ2v) is 9.37. The minimum absolute atomic E-state index is 0.256. The van der Waals surface area contributed by atoms with Crippen molar-refractivity contribution < 1.29 is 17.7 Å². The van der Waals surface area contributed by atoms with Gasteiger partial charge < -0.3 is 4.74 Å². The second kappa shape index (κ2) is 14.9. The Morgan fingerprint density at radius 1 is 0.750 bits per heavy atom. The third kappa shape index (κ3) is 13.2. The van der Waals surface area contributed by atoms with Crippen LogP contribution >= 0.6 is 0 Å². The van der Waals surface area contributed by atoms with Crippen LogP contribution in [0.3, 0.4) is 0 Å². The molecule has 0 radical (unpaired) electrons. The van der Waals surface area contributed by atoms with Crippen molar-refractivity contribution in [1.29, 1.82) is 0 Å². The van der Waals surface area contributed by atoms with Gasteiger partial charge in [-0.2, -0.15) is 8.42 Å². The Kier molecular flexibility index (Phi) is 13.3. The number of hydrogen-bond donors (Lipinski definition) is 1. The standard InChI is InChI=1S/C23H40O4S/c1-3-5-7-9-11-14-21-18-22(15-12-10-8-6-4-2)20-23(19-21)27-16-13-17-28(24,25)26/h18-20H,3-17H2,1-2H3,(H,24,25,26). The largest absolute Gasteiger partial charge is 0.494 e. The van der Waals surface area contributed by atoms with E-state index in [9.17, 15) is 8.42 Å². The lowest BCUT2D eigenvalue weighted by atomic mass is 9.99. The van der Waals surface area contributed by atoms with Crippen molar-refractivity contribution in [3.63, 3.8) is 0 Å². The van der Waals surface area contributed by atoms with Crippen LogP contribution in [-0.4, -0.2) is 25.3 Å². The molecule has 1 aromatic rings. The van der Waals surface area contributed by atoms with Crippen molar-refractivity contribution in [2.45, 2.75) is 97.3 Å². The lowest BCUT2D eigenvalue weighted by Crippen LogP contribution is -2.08. The first kappa shape index (κ1) is 25.0. The molecule has 5 heteroatoms. The highest BCUT2D eigenvalue weighted by Gasteiger charge is 2.06. The summed E-state index contributed by atoms with van der Waals surface area (Å²) in [6.45, 7) is 4.76. The molecule has 28 heavy (non-hydrogen) atoms. The number of unbranched alkanes of at least 4 members (excludes halogenated alkanes) is 8. The summed E-state index contributed by atoms with van der Waals surface area (Å²) in [7, 11) is -3.91. The maximum atomic E-state index is 10.8. The summed E-state index contributed by atoms with van der Waals surface area (Å²) in [5, 5.41) is 0. The van der Waals surface area contributed by atoms with E-state index in [-0.39, 0.29) is 5.75 Å². The van der Waals surface area contributed by atoms with Crippen molar-refractivity contribution in [2.75, 3.05) is 12.4 Å². The lowest BCUT2D eigenvalue weighted by Gasteiger charge is -2.12. The zero-order valence-corrected chi connectivity index (χ0v) is 18.7. The first-order valence-electron chi connectivity index (χ1n) is 11.2. The highest BCUT2D eigenvalue weighted by molar-refractivity contribution is 7.85. The van der Waals surface area contributed by atoms with E-state index in [0.717, 1.165) is 18.6 Å². The zero-order valence-electron chi connectivity index (χ0n) is 17.9. The monoisotopic (exact) mass is 412 g/mol. The highest BCUT2D eigenvalue weighted by Crippen LogP contribution is 2.22. The van der Waals surface area contributed by atoms with Gasteiger partial charge in [-0.15, -0.1) is 0 Å². The van der Waals surface area contributed by atoms with Gasteiger partial charge >= 0.3 is 0 Å². The average molecular weight is 413 g/mol. The molecule has 0 heterocycles.